The molecule has 0 saturated carbocycles. The molecule has 0 saturated heterocycles. The topological polar surface area (TPSA) is 338 Å². The van der Waals surface area contributed by atoms with Crippen LogP contribution in [0, 0.1) is 0 Å². The van der Waals surface area contributed by atoms with Gasteiger partial charge in [-0.1, -0.05) is 257 Å². The van der Waals surface area contributed by atoms with E-state index < -0.39 is 20.8 Å². The first-order valence-corrected chi connectivity index (χ1v) is 39.9. The fourth-order valence-electron chi connectivity index (χ4n) is 12.5. The van der Waals surface area contributed by atoms with Crippen molar-refractivity contribution in [2.75, 3.05) is 26.4 Å². The number of allylic oxidation sites excluding steroid dienone is 4. The van der Waals surface area contributed by atoms with Crippen LogP contribution in [-0.2, 0) is 45.2 Å². The number of hydrogen-bond donors (Lipinski definition) is 10. The molecule has 0 radical (unpaired) electrons. The second-order valence-corrected chi connectivity index (χ2v) is 28.3. The monoisotopic (exact) mass is 1720 g/mol. The quantitative estimate of drug-likeness (QED) is 0.00571. The third-order valence-electron chi connectivity index (χ3n) is 18.0. The Morgan fingerprint density at radius 3 is 1.01 bits per heavy atom. The Bertz CT molecular complexity index is 5820. The van der Waals surface area contributed by atoms with Crippen molar-refractivity contribution in [1.82, 2.24) is 0 Å². The van der Waals surface area contributed by atoms with E-state index in [0.29, 0.717) is 97.2 Å². The largest absolute Gasteiger partial charge is 1.00 e. The molecule has 0 heterocycles. The number of para-hydroxylation sites is 6. The molecular formula is C100H92Na2O20S2. The summed E-state index contributed by atoms with van der Waals surface area (Å²) in [7, 11) is -4.76. The molecule has 14 aromatic rings. The zero-order chi connectivity index (χ0) is 88.1. The first-order valence-electron chi connectivity index (χ1n) is 37.7. The van der Waals surface area contributed by atoms with Gasteiger partial charge < -0.3 is 79.8 Å². The Hall–Kier alpha value is -12.6. The number of rotatable bonds is 27. The molecule has 24 heteroatoms. The van der Waals surface area contributed by atoms with Gasteiger partial charge in [0.15, 0.2) is 0 Å². The molecule has 20 nitrogen and oxygen atoms in total. The summed E-state index contributed by atoms with van der Waals surface area (Å²) >= 11 is 0.465. The van der Waals surface area contributed by atoms with E-state index in [1.165, 1.54) is 6.07 Å². The van der Waals surface area contributed by atoms with E-state index in [4.69, 9.17) is 18.9 Å². The smallest absolute Gasteiger partial charge is 0.744 e. The molecule has 10 N–H and O–H groups in total. The van der Waals surface area contributed by atoms with Gasteiger partial charge in [-0.05, 0) is 142 Å². The van der Waals surface area contributed by atoms with Gasteiger partial charge in [0.05, 0.1) is 38.5 Å². The summed E-state index contributed by atoms with van der Waals surface area (Å²) in [5.74, 6) is 3.56. The summed E-state index contributed by atoms with van der Waals surface area (Å²) in [6.07, 6.45) is 16.2. The van der Waals surface area contributed by atoms with Gasteiger partial charge in [-0.25, -0.2) is 8.42 Å². The van der Waals surface area contributed by atoms with Gasteiger partial charge in [0.25, 0.3) is 0 Å². The summed E-state index contributed by atoms with van der Waals surface area (Å²) in [6.45, 7) is 31.3. The molecule has 0 unspecified atom stereocenters. The van der Waals surface area contributed by atoms with Gasteiger partial charge in [-0.15, -0.1) is 26.3 Å². The third-order valence-corrected chi connectivity index (χ3v) is 19.3. The van der Waals surface area contributed by atoms with Gasteiger partial charge in [0.1, 0.15) is 117 Å². The van der Waals surface area contributed by atoms with Crippen LogP contribution < -0.4 is 83.3 Å². The molecule has 124 heavy (non-hydrogen) atoms. The zero-order valence-corrected chi connectivity index (χ0v) is 74.2. The molecule has 626 valence electrons. The van der Waals surface area contributed by atoms with E-state index in [-0.39, 0.29) is 127 Å². The third kappa shape index (κ3) is 27.7. The molecule has 0 aliphatic heterocycles. The average molecular weight is 1720 g/mol. The van der Waals surface area contributed by atoms with Crippen molar-refractivity contribution in [2.45, 2.75) is 35.5 Å². The number of ether oxygens (including phenoxy) is 4. The van der Waals surface area contributed by atoms with Crippen LogP contribution in [0.5, 0.6) is 80.5 Å². The summed E-state index contributed by atoms with van der Waals surface area (Å²) in [4.78, 5) is -0.448. The van der Waals surface area contributed by atoms with Crippen molar-refractivity contribution in [3.8, 4) is 114 Å². The molecular weight excluding hydrogens is 1630 g/mol. The van der Waals surface area contributed by atoms with E-state index >= 15 is 0 Å². The fourth-order valence-corrected chi connectivity index (χ4v) is 13.4. The molecule has 14 rings (SSSR count). The van der Waals surface area contributed by atoms with Crippen LogP contribution in [0.1, 0.15) is 22.3 Å². The van der Waals surface area contributed by atoms with Crippen molar-refractivity contribution < 1.29 is 157 Å². The number of fused-ring (bicyclic) bond motifs is 4. The molecule has 0 fully saturated rings. The van der Waals surface area contributed by atoms with E-state index in [9.17, 15) is 69.3 Å². The molecule has 0 bridgehead atoms. The van der Waals surface area contributed by atoms with Crippen molar-refractivity contribution in [3.63, 3.8) is 0 Å². The second-order valence-electron chi connectivity index (χ2n) is 26.2. The predicted octanol–water partition coefficient (Wildman–Crippen LogP) is 15.8. The number of aromatic hydroxyl groups is 10. The Morgan fingerprint density at radius 1 is 0.298 bits per heavy atom. The van der Waals surface area contributed by atoms with E-state index in [1.54, 1.807) is 121 Å². The molecule has 0 amide bonds. The number of phenolic OH excluding ortho intramolecular Hbond substituents is 10. The van der Waals surface area contributed by atoms with Crippen LogP contribution in [0.3, 0.4) is 0 Å². The van der Waals surface area contributed by atoms with Gasteiger partial charge >= 0.3 is 59.1 Å². The Labute approximate surface area is 769 Å². The van der Waals surface area contributed by atoms with Crippen molar-refractivity contribution in [1.29, 1.82) is 0 Å². The minimum atomic E-state index is -4.76. The maximum absolute atomic E-state index is 11.0. The van der Waals surface area contributed by atoms with Crippen molar-refractivity contribution in [2.24, 2.45) is 0 Å². The van der Waals surface area contributed by atoms with Gasteiger partial charge in [-0.3, -0.25) is 5.04 Å². The first-order chi connectivity index (χ1) is 59.0. The number of hydrogen-bond acceptors (Lipinski definition) is 21. The minimum Gasteiger partial charge on any atom is -0.744 e. The standard InChI is InChI=1S/2C18H18O2.2C16H16O2.C12H10O2.C10H8O8S2.C10H8O2.2Na/c1-3-13-19-17-11-7-5-9-15(17)16-10-6-8-12-18(16)20-14-4-2;1-3-7-13-9-5-11-15(17(13)19)16-12-6-10-14(8-4-2)18(16)20;1-3-11-17-14-9-5-7-13-8-6-10-15(16(13)14)18-12-4-2;1-3-5-12-9-7-11-8-10-13(6-4-2)16(18)14(11)15(12)17;13-11-7-3-1-5-9(11)10-6-2-4-8-12(10)14;11-8-3-6(19-18-17-13)1-5-2-7(20(14,15)16)4-9(12)10(5)8;11-8-5-1-3-7-4-2-6-9(12)10(7)8;;/h3-12H,1-2,13-14H2;3-6,9-12,19-20H,1-2,7-8H2;3-10H,1-2,11-12H2;3-4,7-10,17-18H,1-2,5-6H2;1-8,13-14H;1-4,11-13H,(H,14,15,16);1-6,11-12H;;/q;;;;;;;2*+1/p-2. The first kappa shape index (κ1) is 100. The maximum Gasteiger partial charge on any atom is 1.00 e. The van der Waals surface area contributed by atoms with Gasteiger partial charge in [-0.2, -0.15) is 4.33 Å². The van der Waals surface area contributed by atoms with Crippen molar-refractivity contribution >= 4 is 65.3 Å². The van der Waals surface area contributed by atoms with Crippen LogP contribution in [0.15, 0.2) is 366 Å². The molecule has 0 aliphatic carbocycles. The predicted molar refractivity (Wildman–Crippen MR) is 482 cm³/mol. The number of phenols is 10. The molecule has 0 aromatic heterocycles. The Morgan fingerprint density at radius 2 is 0.621 bits per heavy atom. The molecule has 0 atom stereocenters. The maximum atomic E-state index is 11.0. The number of benzene rings is 14. The van der Waals surface area contributed by atoms with Gasteiger partial charge in [0, 0.05) is 38.3 Å². The normalized spacial score (nSPS) is 10.2. The molecule has 0 aliphatic rings. The summed E-state index contributed by atoms with van der Waals surface area (Å²) in [5.41, 5.74) is 7.70. The van der Waals surface area contributed by atoms with Crippen LogP contribution >= 0.6 is 12.0 Å². The summed E-state index contributed by atoms with van der Waals surface area (Å²) in [5, 5.41) is 116. The Balaban J connectivity index is 0.000000224. The van der Waals surface area contributed by atoms with Crippen LogP contribution in [0.4, 0.5) is 0 Å². The Kier molecular flexibility index (Phi) is 41.5. The van der Waals surface area contributed by atoms with E-state index in [0.717, 1.165) is 96.1 Å². The molecule has 14 aromatic carbocycles. The van der Waals surface area contributed by atoms with E-state index in [1.807, 2.05) is 158 Å². The van der Waals surface area contributed by atoms with Crippen LogP contribution in [-0.4, -0.2) is 90.5 Å². The van der Waals surface area contributed by atoms with Crippen LogP contribution in [0.2, 0.25) is 0 Å². The summed E-state index contributed by atoms with van der Waals surface area (Å²) in [6, 6.07) is 74.6. The van der Waals surface area contributed by atoms with E-state index in [2.05, 4.69) is 62.0 Å². The fraction of sp³-hybridized carbons (Fsp3) is 0.0800. The summed E-state index contributed by atoms with van der Waals surface area (Å²) < 4.78 is 59.7. The minimum absolute atomic E-state index is 0. The second kappa shape index (κ2) is 51.3. The van der Waals surface area contributed by atoms with Crippen molar-refractivity contribution in [3.05, 3.63) is 378 Å². The zero-order valence-electron chi connectivity index (χ0n) is 68.6. The SMILES string of the molecule is C=CCOc1cccc2cccc(OCC=C)c12.C=CCOc1ccccc1-c1ccccc1OCC=C.C=CCc1ccc2ccc(CC=C)c(O)c2c1O.C=CCc1cccc(-c2cccc(CC=C)c2O)c1O.O=S(=O)([O-])c1cc(O)c2c(O)cc(SOO[O-])cc2c1.Oc1cccc2cccc(O)c12.Oc1ccccc1-c1ccccc1O.[Na+].[Na+]. The van der Waals surface area contributed by atoms with Gasteiger partial charge in [0.2, 0.25) is 0 Å². The average Bonchev–Trinajstić information content (AvgIpc) is 0.782. The molecule has 0 spiro atoms. The van der Waals surface area contributed by atoms with Crippen LogP contribution in [0.25, 0.3) is 76.5 Å².